The Hall–Kier alpha value is -1.28. The van der Waals surface area contributed by atoms with Crippen LogP contribution in [-0.2, 0) is 6.54 Å². The summed E-state index contributed by atoms with van der Waals surface area (Å²) in [5.74, 6) is 0.842. The molecule has 2 heteroatoms. The molecule has 1 saturated heterocycles. The van der Waals surface area contributed by atoms with E-state index in [0.717, 1.165) is 12.5 Å². The zero-order chi connectivity index (χ0) is 13.2. The van der Waals surface area contributed by atoms with Crippen LogP contribution < -0.4 is 0 Å². The van der Waals surface area contributed by atoms with Gasteiger partial charge in [0.05, 0.1) is 0 Å². The summed E-state index contributed by atoms with van der Waals surface area (Å²) in [7, 11) is 0. The highest BCUT2D eigenvalue weighted by Crippen LogP contribution is 2.33. The Labute approximate surface area is 116 Å². The van der Waals surface area contributed by atoms with Crippen molar-refractivity contribution in [1.29, 1.82) is 0 Å². The van der Waals surface area contributed by atoms with Crippen LogP contribution in [0.2, 0.25) is 0 Å². The van der Waals surface area contributed by atoms with E-state index in [0.29, 0.717) is 0 Å². The number of hydrogen-bond donors (Lipinski definition) is 0. The molecule has 0 spiro atoms. The molecule has 0 amide bonds. The highest BCUT2D eigenvalue weighted by molar-refractivity contribution is 5.68. The van der Waals surface area contributed by atoms with E-state index in [1.165, 1.54) is 55.8 Å². The first-order valence-corrected chi connectivity index (χ1v) is 7.52. The SMILES string of the molecule is C=C1c2ccccc2CN1CC1CCN(CC)CC1. The van der Waals surface area contributed by atoms with E-state index >= 15 is 0 Å². The lowest BCUT2D eigenvalue weighted by atomic mass is 9.96. The topological polar surface area (TPSA) is 6.48 Å². The molecule has 0 N–H and O–H groups in total. The van der Waals surface area contributed by atoms with Crippen molar-refractivity contribution in [2.75, 3.05) is 26.2 Å². The van der Waals surface area contributed by atoms with Crippen LogP contribution in [-0.4, -0.2) is 36.0 Å². The molecule has 0 aliphatic carbocycles. The van der Waals surface area contributed by atoms with Gasteiger partial charge in [0, 0.05) is 24.4 Å². The molecule has 0 aromatic heterocycles. The molecule has 0 saturated carbocycles. The quantitative estimate of drug-likeness (QED) is 0.819. The maximum atomic E-state index is 4.29. The van der Waals surface area contributed by atoms with Gasteiger partial charge in [0.1, 0.15) is 0 Å². The van der Waals surface area contributed by atoms with Gasteiger partial charge < -0.3 is 9.80 Å². The van der Waals surface area contributed by atoms with Crippen LogP contribution >= 0.6 is 0 Å². The second-order valence-electron chi connectivity index (χ2n) is 5.86. The maximum Gasteiger partial charge on any atom is 0.0436 e. The Bertz CT molecular complexity index is 458. The van der Waals surface area contributed by atoms with Crippen molar-refractivity contribution in [3.8, 4) is 0 Å². The van der Waals surface area contributed by atoms with Gasteiger partial charge in [-0.05, 0) is 44.0 Å². The zero-order valence-electron chi connectivity index (χ0n) is 11.9. The van der Waals surface area contributed by atoms with Crippen molar-refractivity contribution >= 4 is 5.70 Å². The summed E-state index contributed by atoms with van der Waals surface area (Å²) in [6.45, 7) is 12.5. The highest BCUT2D eigenvalue weighted by atomic mass is 15.2. The summed E-state index contributed by atoms with van der Waals surface area (Å²) in [6.07, 6.45) is 2.68. The first kappa shape index (κ1) is 12.7. The molecular weight excluding hydrogens is 232 g/mol. The molecule has 19 heavy (non-hydrogen) atoms. The van der Waals surface area contributed by atoms with E-state index in [1.54, 1.807) is 0 Å². The molecule has 2 heterocycles. The molecule has 3 rings (SSSR count). The van der Waals surface area contributed by atoms with E-state index < -0.39 is 0 Å². The van der Waals surface area contributed by atoms with Crippen molar-refractivity contribution < 1.29 is 0 Å². The fraction of sp³-hybridized carbons (Fsp3) is 0.529. The normalized spacial score (nSPS) is 20.9. The number of likely N-dealkylation sites (tertiary alicyclic amines) is 1. The van der Waals surface area contributed by atoms with Gasteiger partial charge in [-0.25, -0.2) is 0 Å². The Balaban J connectivity index is 1.60. The van der Waals surface area contributed by atoms with E-state index in [9.17, 15) is 0 Å². The fourth-order valence-electron chi connectivity index (χ4n) is 3.38. The lowest BCUT2D eigenvalue weighted by Gasteiger charge is -2.34. The Morgan fingerprint density at radius 3 is 2.63 bits per heavy atom. The van der Waals surface area contributed by atoms with Crippen LogP contribution in [0.1, 0.15) is 30.9 Å². The van der Waals surface area contributed by atoms with Crippen molar-refractivity contribution in [2.24, 2.45) is 5.92 Å². The van der Waals surface area contributed by atoms with E-state index in [2.05, 4.69) is 47.6 Å². The zero-order valence-corrected chi connectivity index (χ0v) is 11.9. The number of hydrogen-bond acceptors (Lipinski definition) is 2. The molecule has 2 aliphatic heterocycles. The van der Waals surface area contributed by atoms with Crippen molar-refractivity contribution in [3.63, 3.8) is 0 Å². The minimum atomic E-state index is 0.842. The van der Waals surface area contributed by atoms with Crippen molar-refractivity contribution in [3.05, 3.63) is 42.0 Å². The summed E-state index contributed by atoms with van der Waals surface area (Å²) < 4.78 is 0. The molecule has 102 valence electrons. The lowest BCUT2D eigenvalue weighted by molar-refractivity contribution is 0.170. The van der Waals surface area contributed by atoms with Gasteiger partial charge in [0.2, 0.25) is 0 Å². The standard InChI is InChI=1S/C17H24N2/c1-3-18-10-8-15(9-11-18)12-19-13-16-6-4-5-7-17(16)14(19)2/h4-7,15H,2-3,8-13H2,1H3. The molecule has 0 atom stereocenters. The molecular formula is C17H24N2. The van der Waals surface area contributed by atoms with Crippen LogP contribution in [0.3, 0.4) is 0 Å². The van der Waals surface area contributed by atoms with Gasteiger partial charge in [0.25, 0.3) is 0 Å². The van der Waals surface area contributed by atoms with Gasteiger partial charge in [-0.15, -0.1) is 0 Å². The monoisotopic (exact) mass is 256 g/mol. The number of nitrogens with zero attached hydrogens (tertiary/aromatic N) is 2. The Kier molecular flexibility index (Phi) is 3.61. The molecule has 1 aromatic rings. The number of fused-ring (bicyclic) bond motifs is 1. The third kappa shape index (κ3) is 2.55. The first-order valence-electron chi connectivity index (χ1n) is 7.52. The van der Waals surface area contributed by atoms with Crippen LogP contribution in [0.25, 0.3) is 5.70 Å². The predicted molar refractivity (Wildman–Crippen MR) is 80.7 cm³/mol. The van der Waals surface area contributed by atoms with Crippen LogP contribution in [0, 0.1) is 5.92 Å². The van der Waals surface area contributed by atoms with Gasteiger partial charge >= 0.3 is 0 Å². The molecule has 2 aliphatic rings. The number of rotatable bonds is 3. The van der Waals surface area contributed by atoms with Crippen LogP contribution in [0.5, 0.6) is 0 Å². The van der Waals surface area contributed by atoms with Gasteiger partial charge in [-0.1, -0.05) is 37.8 Å². The largest absolute Gasteiger partial charge is 0.367 e. The average molecular weight is 256 g/mol. The molecule has 1 aromatic carbocycles. The smallest absolute Gasteiger partial charge is 0.0436 e. The summed E-state index contributed by atoms with van der Waals surface area (Å²) in [5.41, 5.74) is 4.03. The highest BCUT2D eigenvalue weighted by Gasteiger charge is 2.26. The van der Waals surface area contributed by atoms with Crippen molar-refractivity contribution in [1.82, 2.24) is 9.80 Å². The first-order chi connectivity index (χ1) is 9.28. The second-order valence-corrected chi connectivity index (χ2v) is 5.86. The third-order valence-corrected chi connectivity index (χ3v) is 4.70. The summed E-state index contributed by atoms with van der Waals surface area (Å²) in [5, 5.41) is 0. The molecule has 0 unspecified atom stereocenters. The maximum absolute atomic E-state index is 4.29. The summed E-state index contributed by atoms with van der Waals surface area (Å²) >= 11 is 0. The number of piperidine rings is 1. The Morgan fingerprint density at radius 1 is 1.21 bits per heavy atom. The van der Waals surface area contributed by atoms with Crippen LogP contribution in [0.15, 0.2) is 30.8 Å². The molecule has 0 radical (unpaired) electrons. The number of benzene rings is 1. The van der Waals surface area contributed by atoms with Crippen LogP contribution in [0.4, 0.5) is 0 Å². The van der Waals surface area contributed by atoms with Gasteiger partial charge in [0.15, 0.2) is 0 Å². The van der Waals surface area contributed by atoms with Crippen molar-refractivity contribution in [2.45, 2.75) is 26.3 Å². The predicted octanol–water partition coefficient (Wildman–Crippen LogP) is 3.20. The minimum absolute atomic E-state index is 0.842. The van der Waals surface area contributed by atoms with E-state index in [-0.39, 0.29) is 0 Å². The minimum Gasteiger partial charge on any atom is -0.367 e. The summed E-state index contributed by atoms with van der Waals surface area (Å²) in [4.78, 5) is 5.04. The molecule has 0 bridgehead atoms. The average Bonchev–Trinajstić information content (AvgIpc) is 2.77. The third-order valence-electron chi connectivity index (χ3n) is 4.70. The Morgan fingerprint density at radius 2 is 1.95 bits per heavy atom. The van der Waals surface area contributed by atoms with Gasteiger partial charge in [-0.2, -0.15) is 0 Å². The molecule has 1 fully saturated rings. The second kappa shape index (κ2) is 5.38. The fourth-order valence-corrected chi connectivity index (χ4v) is 3.38. The van der Waals surface area contributed by atoms with Gasteiger partial charge in [-0.3, -0.25) is 0 Å². The summed E-state index contributed by atoms with van der Waals surface area (Å²) in [6, 6.07) is 8.69. The van der Waals surface area contributed by atoms with E-state index in [4.69, 9.17) is 0 Å². The van der Waals surface area contributed by atoms with E-state index in [1.807, 2.05) is 0 Å². The lowest BCUT2D eigenvalue weighted by Crippen LogP contribution is -2.37. The molecule has 2 nitrogen and oxygen atoms in total.